The lowest BCUT2D eigenvalue weighted by Gasteiger charge is -2.31. The number of halogens is 2. The number of hydrogen-bond acceptors (Lipinski definition) is 7. The monoisotopic (exact) mass is 501 g/mol. The fraction of sp³-hybridized carbons (Fsp3) is 0.304. The van der Waals surface area contributed by atoms with Gasteiger partial charge in [0.15, 0.2) is 5.82 Å². The van der Waals surface area contributed by atoms with Crippen molar-refractivity contribution in [3.8, 4) is 0 Å². The highest BCUT2D eigenvalue weighted by Gasteiger charge is 2.22. The maximum atomic E-state index is 11.2. The molecule has 3 heterocycles. The predicted octanol–water partition coefficient (Wildman–Crippen LogP) is 4.84. The third-order valence-corrected chi connectivity index (χ3v) is 6.17. The molecule has 2 aromatic heterocycles. The highest BCUT2D eigenvalue weighted by atomic mass is 35.5. The van der Waals surface area contributed by atoms with Crippen LogP contribution in [0.2, 0.25) is 10.3 Å². The van der Waals surface area contributed by atoms with Crippen molar-refractivity contribution in [2.45, 2.75) is 31.7 Å². The molecule has 0 spiro atoms. The van der Waals surface area contributed by atoms with Gasteiger partial charge in [-0.05, 0) is 72.7 Å². The van der Waals surface area contributed by atoms with Crippen LogP contribution in [0.4, 0.5) is 27.7 Å². The number of nitrogens with one attached hydrogen (secondary N) is 2. The average Bonchev–Trinajstić information content (AvgIpc) is 2.82. The molecule has 1 fully saturated rings. The molecule has 1 aliphatic rings. The van der Waals surface area contributed by atoms with Crippen LogP contribution in [0.25, 0.3) is 0 Å². The number of rotatable bonds is 7. The number of carbonyl (C=O) groups is 1. The van der Waals surface area contributed by atoms with E-state index in [1.165, 1.54) is 11.1 Å². The molecule has 5 N–H and O–H groups in total. The van der Waals surface area contributed by atoms with Gasteiger partial charge in [0.2, 0.25) is 5.28 Å². The van der Waals surface area contributed by atoms with Crippen LogP contribution in [0.15, 0.2) is 42.9 Å². The predicted molar refractivity (Wildman–Crippen MR) is 134 cm³/mol. The van der Waals surface area contributed by atoms with E-state index in [2.05, 4.69) is 25.6 Å². The summed E-state index contributed by atoms with van der Waals surface area (Å²) in [5.41, 5.74) is 10.5. The summed E-state index contributed by atoms with van der Waals surface area (Å²) in [5, 5.41) is 16.5. The van der Waals surface area contributed by atoms with E-state index in [4.69, 9.17) is 28.9 Å². The second-order valence-corrected chi connectivity index (χ2v) is 8.89. The number of likely N-dealkylation sites (tertiary alicyclic amines) is 1. The van der Waals surface area contributed by atoms with Gasteiger partial charge in [-0.15, -0.1) is 0 Å². The first-order valence-electron chi connectivity index (χ1n) is 10.9. The molecule has 1 aromatic carbocycles. The summed E-state index contributed by atoms with van der Waals surface area (Å²) in [5.74, 6) is 0.425. The molecule has 0 aliphatic carbocycles. The Morgan fingerprint density at radius 2 is 1.94 bits per heavy atom. The van der Waals surface area contributed by atoms with Gasteiger partial charge in [0, 0.05) is 42.9 Å². The Morgan fingerprint density at radius 1 is 1.15 bits per heavy atom. The molecule has 178 valence electrons. The molecular weight excluding hydrogens is 477 g/mol. The third kappa shape index (κ3) is 6.18. The van der Waals surface area contributed by atoms with Gasteiger partial charge in [-0.1, -0.05) is 11.6 Å². The summed E-state index contributed by atoms with van der Waals surface area (Å²) in [7, 11) is 0. The van der Waals surface area contributed by atoms with Crippen LogP contribution in [0.5, 0.6) is 0 Å². The number of aryl methyl sites for hydroxylation is 2. The van der Waals surface area contributed by atoms with Crippen molar-refractivity contribution in [1.29, 1.82) is 0 Å². The molecule has 4 rings (SSSR count). The standard InChI is InChI=1S/C23H25Cl2N7O2/c24-19-13-28-22(25)31-21(19)30-18-3-4-20(29-17-5-7-32(8-6-17)23(33)34)15(10-18)2-1-14-9-16(26)12-27-11-14/h3-4,9-13,17,29H,1-2,5-8,26H2,(H,33,34)(H,28,30,31). The normalized spacial score (nSPS) is 14.1. The molecule has 9 nitrogen and oxygen atoms in total. The van der Waals surface area contributed by atoms with Crippen molar-refractivity contribution in [2.75, 3.05) is 29.5 Å². The first kappa shape index (κ1) is 23.8. The summed E-state index contributed by atoms with van der Waals surface area (Å²) in [6.07, 6.45) is 7.03. The van der Waals surface area contributed by atoms with Crippen molar-refractivity contribution >= 4 is 52.2 Å². The second-order valence-electron chi connectivity index (χ2n) is 8.15. The molecule has 3 aromatic rings. The lowest BCUT2D eigenvalue weighted by atomic mass is 10.0. The van der Waals surface area contributed by atoms with Gasteiger partial charge in [-0.3, -0.25) is 4.98 Å². The first-order valence-corrected chi connectivity index (χ1v) is 11.6. The smallest absolute Gasteiger partial charge is 0.407 e. The zero-order chi connectivity index (χ0) is 24.1. The molecule has 0 bridgehead atoms. The van der Waals surface area contributed by atoms with Gasteiger partial charge in [-0.2, -0.15) is 4.98 Å². The van der Waals surface area contributed by atoms with Crippen LogP contribution in [-0.2, 0) is 12.8 Å². The van der Waals surface area contributed by atoms with Crippen molar-refractivity contribution in [3.63, 3.8) is 0 Å². The first-order chi connectivity index (χ1) is 16.4. The van der Waals surface area contributed by atoms with Crippen LogP contribution in [0.3, 0.4) is 0 Å². The Hall–Kier alpha value is -3.30. The Balaban J connectivity index is 1.54. The summed E-state index contributed by atoms with van der Waals surface area (Å²) in [4.78, 5) is 24.9. The van der Waals surface area contributed by atoms with E-state index in [-0.39, 0.29) is 11.3 Å². The summed E-state index contributed by atoms with van der Waals surface area (Å²) >= 11 is 12.1. The molecule has 0 unspecified atom stereocenters. The van der Waals surface area contributed by atoms with E-state index in [1.807, 2.05) is 30.5 Å². The minimum absolute atomic E-state index is 0.104. The van der Waals surface area contributed by atoms with Crippen molar-refractivity contribution < 1.29 is 9.90 Å². The fourth-order valence-corrected chi connectivity index (χ4v) is 4.22. The SMILES string of the molecule is Nc1cncc(CCc2cc(Nc3nc(Cl)ncc3Cl)ccc2NC2CCN(C(=O)O)CC2)c1. The second kappa shape index (κ2) is 10.8. The number of hydrogen-bond donors (Lipinski definition) is 4. The lowest BCUT2D eigenvalue weighted by Crippen LogP contribution is -2.41. The van der Waals surface area contributed by atoms with Crippen molar-refractivity contribution in [3.05, 3.63) is 64.3 Å². The number of nitrogens with two attached hydrogens (primary N) is 1. The highest BCUT2D eigenvalue weighted by Crippen LogP contribution is 2.29. The zero-order valence-electron chi connectivity index (χ0n) is 18.3. The van der Waals surface area contributed by atoms with E-state index in [0.717, 1.165) is 48.2 Å². The van der Waals surface area contributed by atoms with Gasteiger partial charge in [0.25, 0.3) is 0 Å². The highest BCUT2D eigenvalue weighted by molar-refractivity contribution is 6.33. The molecule has 0 radical (unpaired) electrons. The maximum Gasteiger partial charge on any atom is 0.407 e. The minimum atomic E-state index is -0.867. The van der Waals surface area contributed by atoms with Gasteiger partial charge in [0.05, 0.1) is 11.9 Å². The molecule has 34 heavy (non-hydrogen) atoms. The molecular formula is C23H25Cl2N7O2. The van der Waals surface area contributed by atoms with E-state index in [9.17, 15) is 9.90 Å². The lowest BCUT2D eigenvalue weighted by molar-refractivity contribution is 0.134. The molecule has 1 saturated heterocycles. The van der Waals surface area contributed by atoms with E-state index < -0.39 is 6.09 Å². The van der Waals surface area contributed by atoms with E-state index in [0.29, 0.717) is 29.6 Å². The number of aromatic nitrogens is 3. The molecule has 0 atom stereocenters. The zero-order valence-corrected chi connectivity index (χ0v) is 19.9. The quantitative estimate of drug-likeness (QED) is 0.338. The Labute approximate surface area is 207 Å². The van der Waals surface area contributed by atoms with Crippen LogP contribution in [-0.4, -0.2) is 50.2 Å². The van der Waals surface area contributed by atoms with Crippen molar-refractivity contribution in [1.82, 2.24) is 19.9 Å². The number of anilines is 4. The number of nitrogens with zero attached hydrogens (tertiary/aromatic N) is 4. The average molecular weight is 502 g/mol. The largest absolute Gasteiger partial charge is 0.465 e. The van der Waals surface area contributed by atoms with Crippen LogP contribution in [0, 0.1) is 0 Å². The number of nitrogen functional groups attached to an aromatic ring is 1. The number of piperidine rings is 1. The maximum absolute atomic E-state index is 11.2. The molecule has 1 aliphatic heterocycles. The fourth-order valence-electron chi connectivity index (χ4n) is 3.95. The summed E-state index contributed by atoms with van der Waals surface area (Å²) < 4.78 is 0. The topological polar surface area (TPSA) is 129 Å². The Morgan fingerprint density at radius 3 is 2.68 bits per heavy atom. The molecule has 11 heteroatoms. The van der Waals surface area contributed by atoms with Gasteiger partial charge < -0.3 is 26.4 Å². The van der Waals surface area contributed by atoms with Crippen molar-refractivity contribution in [2.24, 2.45) is 0 Å². The molecule has 0 saturated carbocycles. The third-order valence-electron chi connectivity index (χ3n) is 5.71. The number of carboxylic acid groups (broad SMARTS) is 1. The van der Waals surface area contributed by atoms with Crippen LogP contribution < -0.4 is 16.4 Å². The number of pyridine rings is 1. The van der Waals surface area contributed by atoms with Crippen LogP contribution >= 0.6 is 23.2 Å². The summed E-state index contributed by atoms with van der Waals surface area (Å²) in [6, 6.07) is 8.10. The van der Waals surface area contributed by atoms with Gasteiger partial charge in [0.1, 0.15) is 5.02 Å². The Kier molecular flexibility index (Phi) is 7.54. The van der Waals surface area contributed by atoms with Gasteiger partial charge in [-0.25, -0.2) is 9.78 Å². The van der Waals surface area contributed by atoms with Gasteiger partial charge >= 0.3 is 6.09 Å². The van der Waals surface area contributed by atoms with E-state index >= 15 is 0 Å². The van der Waals surface area contributed by atoms with E-state index in [1.54, 1.807) is 6.20 Å². The Bertz CT molecular complexity index is 1170. The molecule has 1 amide bonds. The minimum Gasteiger partial charge on any atom is -0.465 e. The van der Waals surface area contributed by atoms with Crippen LogP contribution in [0.1, 0.15) is 24.0 Å². The number of amides is 1. The summed E-state index contributed by atoms with van der Waals surface area (Å²) in [6.45, 7) is 1.04. The number of benzene rings is 1.